The van der Waals surface area contributed by atoms with Crippen molar-refractivity contribution in [3.63, 3.8) is 0 Å². The lowest BCUT2D eigenvalue weighted by Gasteiger charge is -2.27. The number of hydrogen-bond donors (Lipinski definition) is 8. The highest BCUT2D eigenvalue weighted by Crippen LogP contribution is 2.46. The summed E-state index contributed by atoms with van der Waals surface area (Å²) in [4.78, 5) is 51.8. The summed E-state index contributed by atoms with van der Waals surface area (Å²) in [6.45, 7) is 7.43. The molecule has 0 aromatic carbocycles. The lowest BCUT2D eigenvalue weighted by Crippen LogP contribution is -2.49. The first-order valence-electron chi connectivity index (χ1n) is 15.4. The summed E-state index contributed by atoms with van der Waals surface area (Å²) in [5.74, 6) is -1.33. The number of hydrogen-bond acceptors (Lipinski definition) is 8. The van der Waals surface area contributed by atoms with Crippen LogP contribution in [0.15, 0.2) is 46.0 Å². The molecule has 0 bridgehead atoms. The minimum absolute atomic E-state index is 0.0143. The molecule has 4 aliphatic heterocycles. The molecule has 0 spiro atoms. The van der Waals surface area contributed by atoms with Crippen molar-refractivity contribution in [3.8, 4) is 0 Å². The summed E-state index contributed by atoms with van der Waals surface area (Å²) in [5.41, 5.74) is 12.5. The van der Waals surface area contributed by atoms with E-state index in [1.165, 1.54) is 12.3 Å². The summed E-state index contributed by atoms with van der Waals surface area (Å²) in [5, 5.41) is 40.1. The van der Waals surface area contributed by atoms with Crippen molar-refractivity contribution in [3.05, 3.63) is 68.5 Å². The zero-order chi connectivity index (χ0) is 33.4. The number of carboxylic acid groups (broad SMARTS) is 2. The van der Waals surface area contributed by atoms with Crippen LogP contribution in [0, 0.1) is 18.8 Å². The second kappa shape index (κ2) is 13.2. The van der Waals surface area contributed by atoms with E-state index in [4.69, 9.17) is 5.73 Å². The molecule has 2 fully saturated rings. The van der Waals surface area contributed by atoms with Crippen LogP contribution in [0.25, 0.3) is 12.2 Å². The molecule has 46 heavy (non-hydrogen) atoms. The van der Waals surface area contributed by atoms with Gasteiger partial charge in [0.05, 0.1) is 12.1 Å². The Morgan fingerprint density at radius 3 is 2.28 bits per heavy atom. The molecule has 13 heteroatoms. The van der Waals surface area contributed by atoms with Crippen LogP contribution in [-0.4, -0.2) is 73.2 Å². The number of H-pyrrole nitrogens is 1. The van der Waals surface area contributed by atoms with E-state index in [-0.39, 0.29) is 49.3 Å². The van der Waals surface area contributed by atoms with Crippen molar-refractivity contribution in [2.75, 3.05) is 5.75 Å². The minimum atomic E-state index is -1.08. The van der Waals surface area contributed by atoms with Crippen molar-refractivity contribution in [2.24, 2.45) is 17.6 Å². The van der Waals surface area contributed by atoms with Gasteiger partial charge in [-0.25, -0.2) is 0 Å². The largest absolute Gasteiger partial charge is 0.481 e. The molecule has 1 aromatic heterocycles. The van der Waals surface area contributed by atoms with Gasteiger partial charge in [0.25, 0.3) is 5.91 Å². The first kappa shape index (κ1) is 33.1. The highest BCUT2D eigenvalue weighted by molar-refractivity contribution is 8.06. The normalized spacial score (nSPS) is 28.4. The van der Waals surface area contributed by atoms with Gasteiger partial charge in [0.1, 0.15) is 6.10 Å². The quantitative estimate of drug-likeness (QED) is 0.155. The fraction of sp³-hybridized carbons (Fsp3) is 0.455. The molecule has 12 nitrogen and oxygen atoms in total. The monoisotopic (exact) mass is 651 g/mol. The number of rotatable bonds is 12. The molecule has 0 radical (unpaired) electrons. The van der Waals surface area contributed by atoms with Crippen LogP contribution >= 0.6 is 11.8 Å². The fourth-order valence-electron chi connectivity index (χ4n) is 6.80. The lowest BCUT2D eigenvalue weighted by molar-refractivity contribution is -0.138. The molecule has 1 unspecified atom stereocenters. The Balaban J connectivity index is 1.53. The Morgan fingerprint density at radius 1 is 1.00 bits per heavy atom. The first-order valence-corrected chi connectivity index (χ1v) is 16.4. The Hall–Kier alpha value is -4.23. The average Bonchev–Trinajstić information content (AvgIpc) is 3.56. The smallest absolute Gasteiger partial charge is 0.303 e. The summed E-state index contributed by atoms with van der Waals surface area (Å²) in [7, 11) is 0. The highest BCUT2D eigenvalue weighted by atomic mass is 32.2. The van der Waals surface area contributed by atoms with Gasteiger partial charge in [-0.05, 0) is 85.9 Å². The van der Waals surface area contributed by atoms with Gasteiger partial charge in [-0.1, -0.05) is 6.92 Å². The van der Waals surface area contributed by atoms with Gasteiger partial charge in [-0.2, -0.15) is 11.8 Å². The van der Waals surface area contributed by atoms with Crippen LogP contribution in [0.1, 0.15) is 62.5 Å². The van der Waals surface area contributed by atoms with Crippen molar-refractivity contribution in [1.29, 1.82) is 0 Å². The van der Waals surface area contributed by atoms with Crippen LogP contribution in [0.5, 0.6) is 0 Å². The van der Waals surface area contributed by atoms with Crippen molar-refractivity contribution >= 4 is 47.7 Å². The molecule has 5 heterocycles. The first-order chi connectivity index (χ1) is 21.8. The summed E-state index contributed by atoms with van der Waals surface area (Å²) in [6.07, 6.45) is 5.68. The molecule has 246 valence electrons. The number of nitrogens with one attached hydrogen (secondary N) is 4. The average molecular weight is 652 g/mol. The van der Waals surface area contributed by atoms with E-state index in [0.29, 0.717) is 27.8 Å². The van der Waals surface area contributed by atoms with Gasteiger partial charge >= 0.3 is 11.9 Å². The SMILES string of the molecule is CC1=C(CCC(=O)O)/C(=C/c2[nH]c(/C=C3\NC(=O)[C@H](C)[C@H]3[C@H]3CS3)c(C)c2CCC(=O)O)NC1[C@@H](O)[C@H]1NC(=O)C(C=CN)=C1C. The molecular weight excluding hydrogens is 610 g/mol. The predicted octanol–water partition coefficient (Wildman–Crippen LogP) is 2.32. The summed E-state index contributed by atoms with van der Waals surface area (Å²) >= 11 is 1.82. The Kier molecular flexibility index (Phi) is 9.54. The van der Waals surface area contributed by atoms with Crippen molar-refractivity contribution < 1.29 is 34.5 Å². The third-order valence-electron chi connectivity index (χ3n) is 9.50. The third-order valence-corrected chi connectivity index (χ3v) is 10.5. The van der Waals surface area contributed by atoms with E-state index in [0.717, 1.165) is 39.4 Å². The van der Waals surface area contributed by atoms with Crippen molar-refractivity contribution in [2.45, 2.75) is 76.8 Å². The second-order valence-electron chi connectivity index (χ2n) is 12.4. The zero-order valence-corrected chi connectivity index (χ0v) is 27.1. The Morgan fingerprint density at radius 2 is 1.65 bits per heavy atom. The molecule has 0 saturated carbocycles. The number of nitrogens with two attached hydrogens (primary N) is 1. The van der Waals surface area contributed by atoms with Gasteiger partial charge in [0.15, 0.2) is 0 Å². The number of carboxylic acids is 2. The van der Waals surface area contributed by atoms with Gasteiger partial charge in [0.2, 0.25) is 5.91 Å². The highest BCUT2D eigenvalue weighted by Gasteiger charge is 2.45. The topological polar surface area (TPSA) is 207 Å². The van der Waals surface area contributed by atoms with E-state index < -0.39 is 30.1 Å². The number of amides is 2. The number of aromatic amines is 1. The van der Waals surface area contributed by atoms with E-state index in [2.05, 4.69) is 20.9 Å². The maximum atomic E-state index is 12.6. The number of aliphatic hydroxyl groups excluding tert-OH is 1. The molecule has 6 atom stereocenters. The molecule has 9 N–H and O–H groups in total. The number of carbonyl (C=O) groups is 4. The van der Waals surface area contributed by atoms with E-state index in [9.17, 15) is 34.5 Å². The molecule has 1 aromatic rings. The summed E-state index contributed by atoms with van der Waals surface area (Å²) < 4.78 is 0. The van der Waals surface area contributed by atoms with Crippen LogP contribution in [0.4, 0.5) is 0 Å². The maximum absolute atomic E-state index is 12.6. The van der Waals surface area contributed by atoms with Crippen LogP contribution < -0.4 is 21.7 Å². The maximum Gasteiger partial charge on any atom is 0.303 e. The van der Waals surface area contributed by atoms with Gasteiger partial charge in [-0.3, -0.25) is 19.2 Å². The number of carbonyl (C=O) groups excluding carboxylic acids is 2. The lowest BCUT2D eigenvalue weighted by atomic mass is 9.91. The molecule has 2 amide bonds. The van der Waals surface area contributed by atoms with E-state index >= 15 is 0 Å². The zero-order valence-electron chi connectivity index (χ0n) is 26.3. The number of aliphatic carboxylic acids is 2. The van der Waals surface area contributed by atoms with Crippen molar-refractivity contribution in [1.82, 2.24) is 20.9 Å². The number of thioether (sulfide) groups is 1. The van der Waals surface area contributed by atoms with Gasteiger partial charge < -0.3 is 42.0 Å². The number of allylic oxidation sites excluding steroid dienone is 2. The fourth-order valence-corrected chi connectivity index (χ4v) is 7.71. The van der Waals surface area contributed by atoms with Gasteiger partial charge in [0, 0.05) is 64.0 Å². The summed E-state index contributed by atoms with van der Waals surface area (Å²) in [6, 6.07) is -1.33. The molecule has 4 aliphatic rings. The molecular formula is C33H41N5O7S. The molecule has 2 saturated heterocycles. The Labute approximate surface area is 271 Å². The molecule has 0 aliphatic carbocycles. The van der Waals surface area contributed by atoms with Crippen LogP contribution in [0.3, 0.4) is 0 Å². The van der Waals surface area contributed by atoms with Crippen LogP contribution in [0.2, 0.25) is 0 Å². The standard InChI is InChI=1S/C33H41N5O7S/c1-14-18(5-7-26(39)40)22(35-21(14)11-24-28(25-13-46-25)17(4)32(44)37-24)12-23-19(6-8-27(41)42)15(2)29(36-23)31(43)30-16(3)20(9-10-34)33(45)38-30/h9-12,17,25,28-31,35-36,43H,5-8,13,34H2,1-4H3,(H,37,44)(H,38,45)(H,39,40)(H,41,42)/b10-9?,23-12-,24-11-/t17-,25-,28-,29?,30+,31-/m1/s1. The van der Waals surface area contributed by atoms with Gasteiger partial charge in [-0.15, -0.1) is 0 Å². The van der Waals surface area contributed by atoms with Crippen LogP contribution in [-0.2, 0) is 25.6 Å². The van der Waals surface area contributed by atoms with E-state index in [1.54, 1.807) is 6.92 Å². The number of aromatic nitrogens is 1. The molecule has 5 rings (SSSR count). The number of aliphatic hydroxyl groups is 1. The predicted molar refractivity (Wildman–Crippen MR) is 175 cm³/mol. The van der Waals surface area contributed by atoms with E-state index in [1.807, 2.05) is 44.7 Å². The minimum Gasteiger partial charge on any atom is -0.481 e. The Bertz CT molecular complexity index is 1630. The third kappa shape index (κ3) is 6.52. The second-order valence-corrected chi connectivity index (χ2v) is 13.6.